The highest BCUT2D eigenvalue weighted by molar-refractivity contribution is 7.90. The van der Waals surface area contributed by atoms with Crippen LogP contribution in [0.3, 0.4) is 0 Å². The van der Waals surface area contributed by atoms with Gasteiger partial charge in [-0.2, -0.15) is 4.99 Å². The molecule has 0 aromatic heterocycles. The van der Waals surface area contributed by atoms with Crippen molar-refractivity contribution < 1.29 is 22.7 Å². The monoisotopic (exact) mass is 493 g/mol. The summed E-state index contributed by atoms with van der Waals surface area (Å²) in [7, 11) is -3.95. The highest BCUT2D eigenvalue weighted by atomic mass is 35.5. The van der Waals surface area contributed by atoms with Crippen molar-refractivity contribution in [2.75, 3.05) is 11.9 Å². The molecule has 12 heteroatoms. The van der Waals surface area contributed by atoms with Gasteiger partial charge in [0.25, 0.3) is 5.91 Å². The van der Waals surface area contributed by atoms with Crippen LogP contribution in [0.1, 0.15) is 35.3 Å². The van der Waals surface area contributed by atoms with Gasteiger partial charge >= 0.3 is 0 Å². The number of hydrogen-bond acceptors (Lipinski definition) is 6. The van der Waals surface area contributed by atoms with Gasteiger partial charge in [0.1, 0.15) is 16.4 Å². The quantitative estimate of drug-likeness (QED) is 0.363. The van der Waals surface area contributed by atoms with E-state index in [4.69, 9.17) is 27.8 Å². The number of anilines is 1. The number of halogens is 1. The molecule has 6 N–H and O–H groups in total. The number of ether oxygens (including phenoxy) is 1. The predicted molar refractivity (Wildman–Crippen MR) is 126 cm³/mol. The number of carbonyl (C=O) groups excluding carboxylic acids is 2. The molecule has 3 rings (SSSR count). The summed E-state index contributed by atoms with van der Waals surface area (Å²) in [5.74, 6) is -1.78. The molecule has 0 saturated heterocycles. The summed E-state index contributed by atoms with van der Waals surface area (Å²) in [5, 5.41) is 5.81. The van der Waals surface area contributed by atoms with Gasteiger partial charge in [-0.1, -0.05) is 25.4 Å². The Balaban J connectivity index is 2.02. The first-order chi connectivity index (χ1) is 15.4. The van der Waals surface area contributed by atoms with Crippen LogP contribution >= 0.6 is 11.6 Å². The number of rotatable bonds is 5. The molecule has 33 heavy (non-hydrogen) atoms. The molecule has 0 saturated carbocycles. The molecule has 0 unspecified atom stereocenters. The molecule has 1 aliphatic rings. The number of sulfone groups is 1. The van der Waals surface area contributed by atoms with Crippen molar-refractivity contribution in [1.29, 1.82) is 0 Å². The van der Waals surface area contributed by atoms with Crippen LogP contribution in [0.2, 0.25) is 5.02 Å². The topological polar surface area (TPSA) is 166 Å². The lowest BCUT2D eigenvalue weighted by molar-refractivity contribution is -0.115. The van der Waals surface area contributed by atoms with Crippen LogP contribution in [0.25, 0.3) is 0 Å². The lowest BCUT2D eigenvalue weighted by Crippen LogP contribution is -2.32. The zero-order valence-electron chi connectivity index (χ0n) is 18.2. The summed E-state index contributed by atoms with van der Waals surface area (Å²) in [5.41, 5.74) is 11.5. The standard InChI is InChI=1S/C21H24ClN5O5S/c1-10(2)25-8-17(28)26-14-5-13-9-33(30,31)16-6-12(20(29)27-21(23)24)4-11(3)18(16)32-19(13)15(22)7-14/h4-7,10,25H,8-9H2,1-3H3,(H,26,28)(H4,23,24,27,29). The maximum absolute atomic E-state index is 13.2. The molecular weight excluding hydrogens is 470 g/mol. The van der Waals surface area contributed by atoms with Gasteiger partial charge in [0.05, 0.1) is 17.3 Å². The van der Waals surface area contributed by atoms with Crippen molar-refractivity contribution in [2.45, 2.75) is 37.5 Å². The Morgan fingerprint density at radius 1 is 1.18 bits per heavy atom. The molecule has 0 fully saturated rings. The maximum Gasteiger partial charge on any atom is 0.280 e. The molecule has 176 valence electrons. The third-order valence-corrected chi connectivity index (χ3v) is 6.62. The molecule has 10 nitrogen and oxygen atoms in total. The molecular formula is C21H24ClN5O5S. The number of hydrogen-bond donors (Lipinski definition) is 4. The number of guanidine groups is 1. The molecule has 2 amide bonds. The van der Waals surface area contributed by atoms with E-state index in [2.05, 4.69) is 15.6 Å². The van der Waals surface area contributed by atoms with Gasteiger partial charge in [-0.15, -0.1) is 0 Å². The van der Waals surface area contributed by atoms with Gasteiger partial charge in [0.2, 0.25) is 5.91 Å². The Kier molecular flexibility index (Phi) is 6.96. The number of carbonyl (C=O) groups is 2. The Bertz CT molecular complexity index is 1270. The number of nitrogens with two attached hydrogens (primary N) is 2. The summed E-state index contributed by atoms with van der Waals surface area (Å²) >= 11 is 6.40. The zero-order valence-corrected chi connectivity index (χ0v) is 19.8. The van der Waals surface area contributed by atoms with Gasteiger partial charge in [-0.05, 0) is 36.8 Å². The van der Waals surface area contributed by atoms with Crippen LogP contribution in [-0.2, 0) is 20.4 Å². The maximum atomic E-state index is 13.2. The molecule has 1 heterocycles. The molecule has 0 aliphatic carbocycles. The van der Waals surface area contributed by atoms with Crippen molar-refractivity contribution in [2.24, 2.45) is 16.5 Å². The molecule has 2 aromatic carbocycles. The highest BCUT2D eigenvalue weighted by Crippen LogP contribution is 2.44. The van der Waals surface area contributed by atoms with Crippen LogP contribution in [0, 0.1) is 6.92 Å². The molecule has 0 atom stereocenters. The summed E-state index contributed by atoms with van der Waals surface area (Å²) in [4.78, 5) is 27.7. The molecule has 0 radical (unpaired) electrons. The first-order valence-corrected chi connectivity index (χ1v) is 11.9. The number of fused-ring (bicyclic) bond motifs is 2. The summed E-state index contributed by atoms with van der Waals surface area (Å²) < 4.78 is 32.3. The van der Waals surface area contributed by atoms with Crippen molar-refractivity contribution in [1.82, 2.24) is 5.32 Å². The SMILES string of the molecule is Cc1cc(C(=O)N=C(N)N)cc2c1Oc1c(Cl)cc(NC(=O)CNC(C)C)cc1CS2(=O)=O. The number of nitrogens with one attached hydrogen (secondary N) is 2. The summed E-state index contributed by atoms with van der Waals surface area (Å²) in [6.07, 6.45) is 0. The predicted octanol–water partition coefficient (Wildman–Crippen LogP) is 2.08. The smallest absolute Gasteiger partial charge is 0.280 e. The van der Waals surface area contributed by atoms with E-state index in [0.29, 0.717) is 11.3 Å². The van der Waals surface area contributed by atoms with Crippen molar-refractivity contribution in [3.8, 4) is 11.5 Å². The Hall–Kier alpha value is -3.15. The van der Waals surface area contributed by atoms with E-state index < -0.39 is 27.5 Å². The van der Waals surface area contributed by atoms with Crippen LogP contribution < -0.4 is 26.8 Å². The number of benzene rings is 2. The highest BCUT2D eigenvalue weighted by Gasteiger charge is 2.31. The number of nitrogens with zero attached hydrogens (tertiary/aromatic N) is 1. The fourth-order valence-corrected chi connectivity index (χ4v) is 5.09. The molecule has 2 aromatic rings. The van der Waals surface area contributed by atoms with Gasteiger partial charge in [-0.3, -0.25) is 9.59 Å². The fourth-order valence-electron chi connectivity index (χ4n) is 3.24. The number of amides is 2. The Labute approximate surface area is 196 Å². The lowest BCUT2D eigenvalue weighted by atomic mass is 10.1. The van der Waals surface area contributed by atoms with Gasteiger partial charge in [0, 0.05) is 22.9 Å². The number of aryl methyl sites for hydroxylation is 1. The third kappa shape index (κ3) is 5.62. The minimum absolute atomic E-state index is 0.00511. The number of aliphatic imine (C=N–C) groups is 1. The van der Waals surface area contributed by atoms with Gasteiger partial charge in [-0.25, -0.2) is 8.42 Å². The molecule has 1 aliphatic heterocycles. The third-order valence-electron chi connectivity index (χ3n) is 4.68. The zero-order chi connectivity index (χ0) is 24.5. The van der Waals surface area contributed by atoms with E-state index in [-0.39, 0.29) is 51.0 Å². The van der Waals surface area contributed by atoms with Crippen LogP contribution in [0.15, 0.2) is 34.2 Å². The second-order valence-electron chi connectivity index (χ2n) is 7.85. The van der Waals surface area contributed by atoms with E-state index in [1.54, 1.807) is 6.92 Å². The van der Waals surface area contributed by atoms with Gasteiger partial charge in [0.15, 0.2) is 15.8 Å². The summed E-state index contributed by atoms with van der Waals surface area (Å²) in [6, 6.07) is 5.70. The van der Waals surface area contributed by atoms with Crippen molar-refractivity contribution in [3.63, 3.8) is 0 Å². The minimum atomic E-state index is -3.95. The Morgan fingerprint density at radius 2 is 1.88 bits per heavy atom. The van der Waals surface area contributed by atoms with Crippen molar-refractivity contribution >= 4 is 44.9 Å². The fraction of sp³-hybridized carbons (Fsp3) is 0.286. The van der Waals surface area contributed by atoms with Crippen LogP contribution in [0.4, 0.5) is 5.69 Å². The minimum Gasteiger partial charge on any atom is -0.454 e. The average Bonchev–Trinajstić information content (AvgIpc) is 2.80. The van der Waals surface area contributed by atoms with E-state index in [0.717, 1.165) is 0 Å². The van der Waals surface area contributed by atoms with E-state index in [1.165, 1.54) is 24.3 Å². The second kappa shape index (κ2) is 9.38. The Morgan fingerprint density at radius 3 is 2.52 bits per heavy atom. The molecule has 0 spiro atoms. The second-order valence-corrected chi connectivity index (χ2v) is 10.2. The lowest BCUT2D eigenvalue weighted by Gasteiger charge is -2.15. The van der Waals surface area contributed by atoms with Crippen molar-refractivity contribution in [3.05, 3.63) is 46.0 Å². The van der Waals surface area contributed by atoms with Gasteiger partial charge < -0.3 is 26.8 Å². The first-order valence-electron chi connectivity index (χ1n) is 9.92. The first kappa shape index (κ1) is 24.5. The normalized spacial score (nSPS) is 13.8. The summed E-state index contributed by atoms with van der Waals surface area (Å²) in [6.45, 7) is 5.49. The van der Waals surface area contributed by atoms with E-state index in [9.17, 15) is 18.0 Å². The van der Waals surface area contributed by atoms with E-state index >= 15 is 0 Å². The average molecular weight is 494 g/mol. The largest absolute Gasteiger partial charge is 0.454 e. The van der Waals surface area contributed by atoms with E-state index in [1.807, 2.05) is 13.8 Å². The molecule has 0 bridgehead atoms. The van der Waals surface area contributed by atoms with Crippen LogP contribution in [-0.4, -0.2) is 38.8 Å². The van der Waals surface area contributed by atoms with Crippen LogP contribution in [0.5, 0.6) is 11.5 Å².